The fourth-order valence-corrected chi connectivity index (χ4v) is 2.26. The first kappa shape index (κ1) is 18.3. The molecule has 0 fully saturated rings. The first-order valence-corrected chi connectivity index (χ1v) is 8.21. The van der Waals surface area contributed by atoms with Gasteiger partial charge in [0.25, 0.3) is 0 Å². The number of nitrogens with one attached hydrogen (secondary N) is 3. The molecule has 0 atom stereocenters. The summed E-state index contributed by atoms with van der Waals surface area (Å²) < 4.78 is 0. The maximum atomic E-state index is 11.7. The molecule has 25 heavy (non-hydrogen) atoms. The van der Waals surface area contributed by atoms with Gasteiger partial charge in [-0.15, -0.1) is 0 Å². The summed E-state index contributed by atoms with van der Waals surface area (Å²) in [5.41, 5.74) is 8.75. The van der Waals surface area contributed by atoms with E-state index in [1.54, 1.807) is 0 Å². The summed E-state index contributed by atoms with van der Waals surface area (Å²) in [6.45, 7) is 4.74. The van der Waals surface area contributed by atoms with Gasteiger partial charge in [-0.05, 0) is 47.7 Å². The first-order chi connectivity index (χ1) is 11.9. The molecule has 0 spiro atoms. The number of hydrogen-bond donors (Lipinski definition) is 4. The molecule has 2 aromatic carbocycles. The van der Waals surface area contributed by atoms with Crippen LogP contribution in [0.2, 0.25) is 0 Å². The van der Waals surface area contributed by atoms with Crippen LogP contribution in [-0.2, 0) is 6.42 Å². The fraction of sp³-hybridized carbons (Fsp3) is 0.263. The van der Waals surface area contributed by atoms with Crippen molar-refractivity contribution in [3.8, 4) is 0 Å². The van der Waals surface area contributed by atoms with Gasteiger partial charge < -0.3 is 21.7 Å². The largest absolute Gasteiger partial charge is 0.351 e. The van der Waals surface area contributed by atoms with Crippen molar-refractivity contribution in [1.82, 2.24) is 5.32 Å². The van der Waals surface area contributed by atoms with Gasteiger partial charge in [0.05, 0.1) is 0 Å². The van der Waals surface area contributed by atoms with Crippen LogP contribution in [0, 0.1) is 5.92 Å². The van der Waals surface area contributed by atoms with E-state index in [0.717, 1.165) is 23.2 Å². The second-order valence-electron chi connectivity index (χ2n) is 6.29. The van der Waals surface area contributed by atoms with Crippen molar-refractivity contribution in [3.63, 3.8) is 0 Å². The molecule has 2 aromatic rings. The van der Waals surface area contributed by atoms with Crippen molar-refractivity contribution in [3.05, 3.63) is 59.7 Å². The molecule has 132 valence electrons. The Morgan fingerprint density at radius 2 is 1.36 bits per heavy atom. The Labute approximate surface area is 147 Å². The van der Waals surface area contributed by atoms with Gasteiger partial charge in [0.2, 0.25) is 0 Å². The average molecular weight is 340 g/mol. The molecule has 0 unspecified atom stereocenters. The Kier molecular flexibility index (Phi) is 6.39. The molecule has 0 aliphatic heterocycles. The van der Waals surface area contributed by atoms with Crippen LogP contribution in [0.3, 0.4) is 0 Å². The number of nitrogens with two attached hydrogens (primary N) is 1. The lowest BCUT2D eigenvalue weighted by Crippen LogP contribution is -2.31. The van der Waals surface area contributed by atoms with Crippen LogP contribution < -0.4 is 21.7 Å². The van der Waals surface area contributed by atoms with Crippen LogP contribution in [-0.4, -0.2) is 18.6 Å². The number of urea groups is 2. The lowest BCUT2D eigenvalue weighted by molar-refractivity contribution is 0.251. The molecule has 0 aliphatic carbocycles. The molecular formula is C19H24N4O2. The van der Waals surface area contributed by atoms with Gasteiger partial charge in [0.15, 0.2) is 0 Å². The third-order valence-corrected chi connectivity index (χ3v) is 3.51. The highest BCUT2D eigenvalue weighted by Crippen LogP contribution is 2.16. The predicted molar refractivity (Wildman–Crippen MR) is 101 cm³/mol. The topological polar surface area (TPSA) is 96.2 Å². The van der Waals surface area contributed by atoms with E-state index in [2.05, 4.69) is 16.0 Å². The maximum Gasteiger partial charge on any atom is 0.319 e. The van der Waals surface area contributed by atoms with Crippen LogP contribution in [0.4, 0.5) is 21.0 Å². The highest BCUT2D eigenvalue weighted by Gasteiger charge is 2.03. The smallest absolute Gasteiger partial charge is 0.319 e. The molecule has 0 bridgehead atoms. The Morgan fingerprint density at radius 3 is 1.80 bits per heavy atom. The zero-order valence-corrected chi connectivity index (χ0v) is 14.5. The SMILES string of the molecule is CC(C)CNC(=O)Nc1ccc(Cc2ccc(NC(N)=O)cc2)cc1. The van der Waals surface area contributed by atoms with Crippen molar-refractivity contribution < 1.29 is 9.59 Å². The highest BCUT2D eigenvalue weighted by atomic mass is 16.2. The summed E-state index contributed by atoms with van der Waals surface area (Å²) >= 11 is 0. The molecule has 6 heteroatoms. The van der Waals surface area contributed by atoms with Crippen molar-refractivity contribution >= 4 is 23.4 Å². The molecule has 0 aromatic heterocycles. The lowest BCUT2D eigenvalue weighted by Gasteiger charge is -2.10. The Balaban J connectivity index is 1.89. The van der Waals surface area contributed by atoms with Crippen LogP contribution in [0.15, 0.2) is 48.5 Å². The first-order valence-electron chi connectivity index (χ1n) is 8.21. The Morgan fingerprint density at radius 1 is 0.880 bits per heavy atom. The van der Waals surface area contributed by atoms with E-state index >= 15 is 0 Å². The van der Waals surface area contributed by atoms with Gasteiger partial charge in [-0.3, -0.25) is 0 Å². The van der Waals surface area contributed by atoms with Crippen molar-refractivity contribution in [1.29, 1.82) is 0 Å². The molecule has 0 heterocycles. The zero-order valence-electron chi connectivity index (χ0n) is 14.5. The highest BCUT2D eigenvalue weighted by molar-refractivity contribution is 5.89. The standard InChI is InChI=1S/C19H24N4O2/c1-13(2)12-21-19(25)23-17-9-5-15(6-10-17)11-14-3-7-16(8-4-14)22-18(20)24/h3-10,13H,11-12H2,1-2H3,(H3,20,22,24)(H2,21,23,25). The number of anilines is 2. The van der Waals surface area contributed by atoms with Crippen molar-refractivity contribution in [2.45, 2.75) is 20.3 Å². The summed E-state index contributed by atoms with van der Waals surface area (Å²) in [5, 5.41) is 8.16. The molecule has 4 amide bonds. The summed E-state index contributed by atoms with van der Waals surface area (Å²) in [7, 11) is 0. The van der Waals surface area contributed by atoms with Gasteiger partial charge in [-0.1, -0.05) is 38.1 Å². The van der Waals surface area contributed by atoms with Crippen LogP contribution in [0.5, 0.6) is 0 Å². The number of hydrogen-bond acceptors (Lipinski definition) is 2. The van der Waals surface area contributed by atoms with E-state index in [4.69, 9.17) is 5.73 Å². The van der Waals surface area contributed by atoms with Crippen LogP contribution in [0.25, 0.3) is 0 Å². The van der Waals surface area contributed by atoms with E-state index in [-0.39, 0.29) is 6.03 Å². The summed E-state index contributed by atoms with van der Waals surface area (Å²) in [6, 6.07) is 14.5. The van der Waals surface area contributed by atoms with Gasteiger partial charge in [0.1, 0.15) is 0 Å². The predicted octanol–water partition coefficient (Wildman–Crippen LogP) is 3.55. The summed E-state index contributed by atoms with van der Waals surface area (Å²) in [6.07, 6.45) is 0.761. The summed E-state index contributed by atoms with van der Waals surface area (Å²) in [5.74, 6) is 0.415. The normalized spacial score (nSPS) is 10.4. The minimum atomic E-state index is -0.576. The van der Waals surface area contributed by atoms with Gasteiger partial charge in [-0.2, -0.15) is 0 Å². The lowest BCUT2D eigenvalue weighted by atomic mass is 10.0. The number of amides is 4. The second kappa shape index (κ2) is 8.73. The van der Waals surface area contributed by atoms with Crippen LogP contribution in [0.1, 0.15) is 25.0 Å². The molecular weight excluding hydrogens is 316 g/mol. The second-order valence-corrected chi connectivity index (χ2v) is 6.29. The third-order valence-electron chi connectivity index (χ3n) is 3.51. The van der Waals surface area contributed by atoms with Gasteiger partial charge in [0, 0.05) is 17.9 Å². The minimum absolute atomic E-state index is 0.195. The average Bonchev–Trinajstić information content (AvgIpc) is 2.56. The van der Waals surface area contributed by atoms with E-state index in [1.807, 2.05) is 62.4 Å². The number of rotatable bonds is 6. The molecule has 0 aliphatic rings. The fourth-order valence-electron chi connectivity index (χ4n) is 2.26. The van der Waals surface area contributed by atoms with Crippen molar-refractivity contribution in [2.75, 3.05) is 17.2 Å². The van der Waals surface area contributed by atoms with E-state index in [1.165, 1.54) is 0 Å². The quantitative estimate of drug-likeness (QED) is 0.647. The third kappa shape index (κ3) is 6.55. The van der Waals surface area contributed by atoms with Gasteiger partial charge in [-0.25, -0.2) is 9.59 Å². The number of carbonyl (C=O) groups is 2. The number of benzene rings is 2. The summed E-state index contributed by atoms with van der Waals surface area (Å²) in [4.78, 5) is 22.5. The zero-order chi connectivity index (χ0) is 18.2. The van der Waals surface area contributed by atoms with E-state index < -0.39 is 6.03 Å². The molecule has 0 radical (unpaired) electrons. The maximum absolute atomic E-state index is 11.7. The Hall–Kier alpha value is -3.02. The molecule has 2 rings (SSSR count). The molecule has 0 saturated carbocycles. The van der Waals surface area contributed by atoms with E-state index in [0.29, 0.717) is 18.2 Å². The molecule has 0 saturated heterocycles. The number of carbonyl (C=O) groups excluding carboxylic acids is 2. The van der Waals surface area contributed by atoms with Gasteiger partial charge >= 0.3 is 12.1 Å². The van der Waals surface area contributed by atoms with Crippen LogP contribution >= 0.6 is 0 Å². The molecule has 5 N–H and O–H groups in total. The number of primary amides is 1. The minimum Gasteiger partial charge on any atom is -0.351 e. The molecule has 6 nitrogen and oxygen atoms in total. The monoisotopic (exact) mass is 340 g/mol. The van der Waals surface area contributed by atoms with E-state index in [9.17, 15) is 9.59 Å². The van der Waals surface area contributed by atoms with Crippen molar-refractivity contribution in [2.24, 2.45) is 11.7 Å². The Bertz CT molecular complexity index is 709.